The molecule has 0 aliphatic heterocycles. The lowest BCUT2D eigenvalue weighted by Gasteiger charge is -2.19. The van der Waals surface area contributed by atoms with Crippen LogP contribution in [0, 0.1) is 5.82 Å². The molecule has 3 aromatic rings. The molecule has 136 valence electrons. The molecule has 0 aliphatic rings. The first-order valence-electron chi connectivity index (χ1n) is 8.52. The molecule has 0 fully saturated rings. The Balaban J connectivity index is 1.61. The van der Waals surface area contributed by atoms with Crippen LogP contribution in [0.5, 0.6) is 0 Å². The van der Waals surface area contributed by atoms with Crippen molar-refractivity contribution >= 4 is 12.1 Å². The first-order valence-corrected chi connectivity index (χ1v) is 8.52. The summed E-state index contributed by atoms with van der Waals surface area (Å²) in [6.45, 7) is -0.234. The molecule has 0 saturated heterocycles. The second-order valence-corrected chi connectivity index (χ2v) is 5.88. The lowest BCUT2D eigenvalue weighted by molar-refractivity contribution is -0.126. The Morgan fingerprint density at radius 3 is 2.19 bits per heavy atom. The molecule has 0 unspecified atom stereocenters. The maximum Gasteiger partial charge on any atom is 0.261 e. The fourth-order valence-corrected chi connectivity index (χ4v) is 2.63. The predicted octanol–water partition coefficient (Wildman–Crippen LogP) is 4.08. The predicted molar refractivity (Wildman–Crippen MR) is 103 cm³/mol. The lowest BCUT2D eigenvalue weighted by atomic mass is 9.99. The zero-order chi connectivity index (χ0) is 18.9. The van der Waals surface area contributed by atoms with Gasteiger partial charge in [-0.05, 0) is 28.8 Å². The van der Waals surface area contributed by atoms with E-state index in [1.807, 2.05) is 60.7 Å². The molecule has 0 radical (unpaired) electrons. The number of amides is 1. The number of rotatable bonds is 7. The van der Waals surface area contributed by atoms with Crippen molar-refractivity contribution in [3.63, 3.8) is 0 Å². The minimum absolute atomic E-state index is 0.234. The second kappa shape index (κ2) is 9.29. The van der Waals surface area contributed by atoms with E-state index in [1.165, 1.54) is 18.3 Å². The highest BCUT2D eigenvalue weighted by molar-refractivity contribution is 5.80. The van der Waals surface area contributed by atoms with Crippen LogP contribution in [-0.2, 0) is 9.63 Å². The molecule has 0 aliphatic carbocycles. The summed E-state index contributed by atoms with van der Waals surface area (Å²) in [6, 6.07) is 25.1. The molecule has 0 atom stereocenters. The van der Waals surface area contributed by atoms with Gasteiger partial charge in [0, 0.05) is 0 Å². The largest absolute Gasteiger partial charge is 0.386 e. The SMILES string of the molecule is O=C(CO/N=C\c1cccc(F)c1)NC(c1ccccc1)c1ccccc1. The minimum atomic E-state index is -0.356. The van der Waals surface area contributed by atoms with Crippen LogP contribution in [0.1, 0.15) is 22.7 Å². The van der Waals surface area contributed by atoms with E-state index >= 15 is 0 Å². The number of carbonyl (C=O) groups is 1. The Morgan fingerprint density at radius 2 is 1.59 bits per heavy atom. The summed E-state index contributed by atoms with van der Waals surface area (Å²) in [5.74, 6) is -0.658. The van der Waals surface area contributed by atoms with Gasteiger partial charge in [-0.15, -0.1) is 0 Å². The molecule has 3 aromatic carbocycles. The van der Waals surface area contributed by atoms with Gasteiger partial charge in [-0.25, -0.2) is 4.39 Å². The van der Waals surface area contributed by atoms with Gasteiger partial charge in [0.15, 0.2) is 6.61 Å². The van der Waals surface area contributed by atoms with E-state index < -0.39 is 0 Å². The highest BCUT2D eigenvalue weighted by Gasteiger charge is 2.16. The Labute approximate surface area is 157 Å². The van der Waals surface area contributed by atoms with Gasteiger partial charge < -0.3 is 10.2 Å². The van der Waals surface area contributed by atoms with Crippen molar-refractivity contribution in [3.05, 3.63) is 107 Å². The molecule has 4 nitrogen and oxygen atoms in total. The summed E-state index contributed by atoms with van der Waals surface area (Å²) in [5, 5.41) is 6.68. The maximum absolute atomic E-state index is 13.1. The quantitative estimate of drug-likeness (QED) is 0.509. The first-order chi connectivity index (χ1) is 13.2. The van der Waals surface area contributed by atoms with Gasteiger partial charge in [0.2, 0.25) is 0 Å². The summed E-state index contributed by atoms with van der Waals surface area (Å²) in [5.41, 5.74) is 2.50. The number of nitrogens with zero attached hydrogens (tertiary/aromatic N) is 1. The third-order valence-electron chi connectivity index (χ3n) is 3.89. The molecule has 0 aromatic heterocycles. The fraction of sp³-hybridized carbons (Fsp3) is 0.0909. The van der Waals surface area contributed by atoms with Crippen LogP contribution in [0.3, 0.4) is 0 Å². The normalized spacial score (nSPS) is 10.9. The second-order valence-electron chi connectivity index (χ2n) is 5.88. The minimum Gasteiger partial charge on any atom is -0.386 e. The summed E-state index contributed by atoms with van der Waals surface area (Å²) in [6.07, 6.45) is 1.36. The molecule has 27 heavy (non-hydrogen) atoms. The highest BCUT2D eigenvalue weighted by Crippen LogP contribution is 2.21. The van der Waals surface area contributed by atoms with E-state index in [2.05, 4.69) is 10.5 Å². The van der Waals surface area contributed by atoms with Crippen LogP contribution in [0.15, 0.2) is 90.1 Å². The molecule has 0 spiro atoms. The van der Waals surface area contributed by atoms with E-state index in [0.29, 0.717) is 5.56 Å². The number of hydrogen-bond donors (Lipinski definition) is 1. The van der Waals surface area contributed by atoms with Gasteiger partial charge in [-0.1, -0.05) is 78.0 Å². The monoisotopic (exact) mass is 362 g/mol. The smallest absolute Gasteiger partial charge is 0.261 e. The number of oxime groups is 1. The zero-order valence-corrected chi connectivity index (χ0v) is 14.6. The average Bonchev–Trinajstić information content (AvgIpc) is 2.71. The Morgan fingerprint density at radius 1 is 0.963 bits per heavy atom. The van der Waals surface area contributed by atoms with Crippen LogP contribution in [0.2, 0.25) is 0 Å². The number of carbonyl (C=O) groups excluding carboxylic acids is 1. The molecule has 3 rings (SSSR count). The van der Waals surface area contributed by atoms with E-state index in [9.17, 15) is 9.18 Å². The Hall–Kier alpha value is -3.47. The summed E-state index contributed by atoms with van der Waals surface area (Å²) < 4.78 is 13.1. The zero-order valence-electron chi connectivity index (χ0n) is 14.6. The molecule has 1 N–H and O–H groups in total. The standard InChI is InChI=1S/C22H19FN2O2/c23-20-13-7-8-17(14-20)15-24-27-16-21(26)25-22(18-9-3-1-4-10-18)19-11-5-2-6-12-19/h1-15,22H,16H2,(H,25,26)/b24-15-. The van der Waals surface area contributed by atoms with Gasteiger partial charge in [0.25, 0.3) is 5.91 Å². The van der Waals surface area contributed by atoms with Crippen molar-refractivity contribution in [3.8, 4) is 0 Å². The van der Waals surface area contributed by atoms with E-state index in [0.717, 1.165) is 11.1 Å². The summed E-state index contributed by atoms with van der Waals surface area (Å²) in [7, 11) is 0. The van der Waals surface area contributed by atoms with Crippen molar-refractivity contribution in [2.75, 3.05) is 6.61 Å². The molecular formula is C22H19FN2O2. The van der Waals surface area contributed by atoms with Crippen molar-refractivity contribution in [2.24, 2.45) is 5.16 Å². The number of halogens is 1. The van der Waals surface area contributed by atoms with E-state index in [1.54, 1.807) is 12.1 Å². The van der Waals surface area contributed by atoms with Crippen LogP contribution < -0.4 is 5.32 Å². The molecule has 5 heteroatoms. The average molecular weight is 362 g/mol. The number of hydrogen-bond acceptors (Lipinski definition) is 3. The van der Waals surface area contributed by atoms with E-state index in [4.69, 9.17) is 4.84 Å². The lowest BCUT2D eigenvalue weighted by Crippen LogP contribution is -2.31. The molecule has 0 heterocycles. The van der Waals surface area contributed by atoms with Crippen molar-refractivity contribution in [1.82, 2.24) is 5.32 Å². The summed E-state index contributed by atoms with van der Waals surface area (Å²) >= 11 is 0. The van der Waals surface area contributed by atoms with Crippen LogP contribution >= 0.6 is 0 Å². The fourth-order valence-electron chi connectivity index (χ4n) is 2.63. The molecule has 0 bridgehead atoms. The van der Waals surface area contributed by atoms with Crippen LogP contribution in [-0.4, -0.2) is 18.7 Å². The third-order valence-corrected chi connectivity index (χ3v) is 3.89. The van der Waals surface area contributed by atoms with E-state index in [-0.39, 0.29) is 24.4 Å². The van der Waals surface area contributed by atoms with Gasteiger partial charge in [0.05, 0.1) is 12.3 Å². The third kappa shape index (κ3) is 5.51. The van der Waals surface area contributed by atoms with Crippen LogP contribution in [0.4, 0.5) is 4.39 Å². The number of nitrogens with one attached hydrogen (secondary N) is 1. The van der Waals surface area contributed by atoms with Crippen molar-refractivity contribution in [2.45, 2.75) is 6.04 Å². The molecular weight excluding hydrogens is 343 g/mol. The Bertz CT molecular complexity index is 859. The highest BCUT2D eigenvalue weighted by atomic mass is 19.1. The topological polar surface area (TPSA) is 50.7 Å². The maximum atomic E-state index is 13.1. The Kier molecular flexibility index (Phi) is 6.30. The van der Waals surface area contributed by atoms with Gasteiger partial charge >= 0.3 is 0 Å². The van der Waals surface area contributed by atoms with Gasteiger partial charge in [-0.2, -0.15) is 0 Å². The van der Waals surface area contributed by atoms with Crippen LogP contribution in [0.25, 0.3) is 0 Å². The molecule has 1 amide bonds. The summed E-state index contributed by atoms with van der Waals surface area (Å²) in [4.78, 5) is 17.3. The van der Waals surface area contributed by atoms with Gasteiger partial charge in [-0.3, -0.25) is 4.79 Å². The molecule has 0 saturated carbocycles. The number of benzene rings is 3. The van der Waals surface area contributed by atoms with Crippen molar-refractivity contribution < 1.29 is 14.0 Å². The van der Waals surface area contributed by atoms with Gasteiger partial charge in [0.1, 0.15) is 5.82 Å². The first kappa shape index (κ1) is 18.3. The van der Waals surface area contributed by atoms with Crippen molar-refractivity contribution in [1.29, 1.82) is 0 Å².